The molecule has 0 saturated carbocycles. The molecule has 4 rings (SSSR count). The Morgan fingerprint density at radius 3 is 2.63 bits per heavy atom. The maximum atomic E-state index is 14.1. The molecule has 1 fully saturated rings. The SMILES string of the molecule is COc1ccc(/C=C2/SC(=O)N(CC(=O)Nc3cc(Cl)ccc3C)C2=O)cc1OCc1c(F)cccc1Cl. The van der Waals surface area contributed by atoms with Gasteiger partial charge in [-0.25, -0.2) is 4.39 Å². The lowest BCUT2D eigenvalue weighted by atomic mass is 10.1. The summed E-state index contributed by atoms with van der Waals surface area (Å²) in [4.78, 5) is 39.0. The number of benzene rings is 3. The summed E-state index contributed by atoms with van der Waals surface area (Å²) >= 11 is 12.8. The first-order valence-electron chi connectivity index (χ1n) is 11.2. The lowest BCUT2D eigenvalue weighted by Gasteiger charge is -2.14. The zero-order valence-corrected chi connectivity index (χ0v) is 22.5. The molecule has 3 aromatic carbocycles. The van der Waals surface area contributed by atoms with Crippen molar-refractivity contribution in [1.82, 2.24) is 4.90 Å². The van der Waals surface area contributed by atoms with Crippen molar-refractivity contribution >= 4 is 63.8 Å². The molecule has 1 N–H and O–H groups in total. The predicted molar refractivity (Wildman–Crippen MR) is 146 cm³/mol. The minimum atomic E-state index is -0.602. The molecule has 3 aromatic rings. The van der Waals surface area contributed by atoms with Gasteiger partial charge in [0.1, 0.15) is 19.0 Å². The zero-order chi connectivity index (χ0) is 27.4. The fraction of sp³-hybridized carbons (Fsp3) is 0.148. The third-order valence-electron chi connectivity index (χ3n) is 5.57. The number of hydrogen-bond donors (Lipinski definition) is 1. The van der Waals surface area contributed by atoms with Gasteiger partial charge in [-0.05, 0) is 72.3 Å². The second-order valence-corrected chi connectivity index (χ2v) is 10.0. The number of aryl methyl sites for hydroxylation is 1. The van der Waals surface area contributed by atoms with E-state index in [0.717, 1.165) is 22.2 Å². The minimum Gasteiger partial charge on any atom is -0.493 e. The van der Waals surface area contributed by atoms with Crippen molar-refractivity contribution in [3.63, 3.8) is 0 Å². The summed E-state index contributed by atoms with van der Waals surface area (Å²) in [5, 5.41) is 2.77. The topological polar surface area (TPSA) is 84.9 Å². The Bertz CT molecular complexity index is 1440. The summed E-state index contributed by atoms with van der Waals surface area (Å²) < 4.78 is 25.2. The summed E-state index contributed by atoms with van der Waals surface area (Å²) in [6.07, 6.45) is 1.51. The number of methoxy groups -OCH3 is 1. The highest BCUT2D eigenvalue weighted by atomic mass is 35.5. The van der Waals surface area contributed by atoms with Crippen LogP contribution in [0, 0.1) is 12.7 Å². The molecule has 3 amide bonds. The summed E-state index contributed by atoms with van der Waals surface area (Å²) in [5.74, 6) is -0.970. The summed E-state index contributed by atoms with van der Waals surface area (Å²) in [6.45, 7) is 1.20. The molecule has 7 nitrogen and oxygen atoms in total. The monoisotopic (exact) mass is 574 g/mol. The van der Waals surface area contributed by atoms with Gasteiger partial charge in [-0.3, -0.25) is 19.3 Å². The van der Waals surface area contributed by atoms with E-state index in [2.05, 4.69) is 5.32 Å². The first-order valence-corrected chi connectivity index (χ1v) is 12.8. The van der Waals surface area contributed by atoms with Gasteiger partial charge in [0.05, 0.1) is 17.0 Å². The van der Waals surface area contributed by atoms with E-state index in [-0.39, 0.29) is 27.8 Å². The molecule has 0 aromatic heterocycles. The quantitative estimate of drug-likeness (QED) is 0.301. The lowest BCUT2D eigenvalue weighted by Crippen LogP contribution is -2.36. The lowest BCUT2D eigenvalue weighted by molar-refractivity contribution is -0.127. The molecule has 1 aliphatic heterocycles. The highest BCUT2D eigenvalue weighted by Gasteiger charge is 2.36. The average Bonchev–Trinajstić information content (AvgIpc) is 3.13. The molecular weight excluding hydrogens is 554 g/mol. The largest absolute Gasteiger partial charge is 0.493 e. The Hall–Kier alpha value is -3.53. The number of amides is 3. The van der Waals surface area contributed by atoms with Gasteiger partial charge in [0.15, 0.2) is 11.5 Å². The molecule has 0 unspecified atom stereocenters. The van der Waals surface area contributed by atoms with Crippen LogP contribution < -0.4 is 14.8 Å². The predicted octanol–water partition coefficient (Wildman–Crippen LogP) is 6.70. The Labute approximate surface area is 232 Å². The van der Waals surface area contributed by atoms with Gasteiger partial charge in [-0.15, -0.1) is 0 Å². The van der Waals surface area contributed by atoms with Crippen molar-refractivity contribution in [3.8, 4) is 11.5 Å². The number of imide groups is 1. The van der Waals surface area contributed by atoms with Crippen molar-refractivity contribution in [2.75, 3.05) is 19.0 Å². The van der Waals surface area contributed by atoms with Crippen molar-refractivity contribution < 1.29 is 28.2 Å². The first-order chi connectivity index (χ1) is 18.2. The van der Waals surface area contributed by atoms with Gasteiger partial charge in [0, 0.05) is 16.3 Å². The fourth-order valence-electron chi connectivity index (χ4n) is 3.57. The van der Waals surface area contributed by atoms with E-state index in [9.17, 15) is 18.8 Å². The van der Waals surface area contributed by atoms with Crippen LogP contribution in [0.25, 0.3) is 6.08 Å². The second kappa shape index (κ2) is 11.9. The van der Waals surface area contributed by atoms with Crippen LogP contribution in [0.1, 0.15) is 16.7 Å². The molecule has 0 atom stereocenters. The molecule has 1 heterocycles. The number of hydrogen-bond acceptors (Lipinski definition) is 6. The fourth-order valence-corrected chi connectivity index (χ4v) is 4.79. The third kappa shape index (κ3) is 6.30. The van der Waals surface area contributed by atoms with E-state index in [4.69, 9.17) is 32.7 Å². The number of nitrogens with zero attached hydrogens (tertiary/aromatic N) is 1. The standard InChI is InChI=1S/C27H21Cl2FN2O5S/c1-15-6-8-17(28)12-21(15)31-25(33)13-32-26(34)24(38-27(32)35)11-16-7-9-22(36-2)23(10-16)37-14-18-19(29)4-3-5-20(18)30/h3-12H,13-14H2,1-2H3,(H,31,33)/b24-11+. The second-order valence-electron chi connectivity index (χ2n) is 8.17. The molecule has 0 spiro atoms. The molecule has 196 valence electrons. The number of carbonyl (C=O) groups is 3. The van der Waals surface area contributed by atoms with E-state index in [1.54, 1.807) is 49.4 Å². The van der Waals surface area contributed by atoms with Gasteiger partial charge in [-0.1, -0.05) is 41.4 Å². The van der Waals surface area contributed by atoms with E-state index in [1.165, 1.54) is 25.3 Å². The number of thioether (sulfide) groups is 1. The summed E-state index contributed by atoms with van der Waals surface area (Å²) in [7, 11) is 1.46. The van der Waals surface area contributed by atoms with E-state index in [1.807, 2.05) is 0 Å². The van der Waals surface area contributed by atoms with Gasteiger partial charge in [0.2, 0.25) is 5.91 Å². The van der Waals surface area contributed by atoms with Crippen LogP contribution >= 0.6 is 35.0 Å². The average molecular weight is 575 g/mol. The molecule has 0 aliphatic carbocycles. The number of anilines is 1. The minimum absolute atomic E-state index is 0.134. The van der Waals surface area contributed by atoms with Crippen LogP contribution in [0.2, 0.25) is 10.0 Å². The Kier molecular flexibility index (Phi) is 8.61. The number of rotatable bonds is 8. The number of nitrogens with one attached hydrogen (secondary N) is 1. The molecule has 1 saturated heterocycles. The van der Waals surface area contributed by atoms with Crippen molar-refractivity contribution in [1.29, 1.82) is 0 Å². The number of ether oxygens (including phenoxy) is 2. The van der Waals surface area contributed by atoms with Crippen molar-refractivity contribution in [3.05, 3.63) is 92.1 Å². The van der Waals surface area contributed by atoms with Gasteiger partial charge in [-0.2, -0.15) is 0 Å². The highest BCUT2D eigenvalue weighted by molar-refractivity contribution is 8.18. The van der Waals surface area contributed by atoms with Crippen LogP contribution in [0.4, 0.5) is 14.9 Å². The highest BCUT2D eigenvalue weighted by Crippen LogP contribution is 2.35. The first kappa shape index (κ1) is 27.5. The van der Waals surface area contributed by atoms with Crippen LogP contribution in [0.15, 0.2) is 59.5 Å². The van der Waals surface area contributed by atoms with Crippen LogP contribution in [-0.2, 0) is 16.2 Å². The molecule has 11 heteroatoms. The smallest absolute Gasteiger partial charge is 0.294 e. The summed E-state index contributed by atoms with van der Waals surface area (Å²) in [6, 6.07) is 14.3. The van der Waals surface area contributed by atoms with E-state index in [0.29, 0.717) is 22.0 Å². The molecule has 1 aliphatic rings. The molecule has 0 bridgehead atoms. The van der Waals surface area contributed by atoms with Crippen LogP contribution in [-0.4, -0.2) is 35.6 Å². The normalized spacial score (nSPS) is 14.2. The van der Waals surface area contributed by atoms with Gasteiger partial charge < -0.3 is 14.8 Å². The number of carbonyl (C=O) groups excluding carboxylic acids is 3. The molecule has 38 heavy (non-hydrogen) atoms. The van der Waals surface area contributed by atoms with Crippen LogP contribution in [0.3, 0.4) is 0 Å². The van der Waals surface area contributed by atoms with E-state index >= 15 is 0 Å². The third-order valence-corrected chi connectivity index (χ3v) is 7.06. The van der Waals surface area contributed by atoms with Crippen molar-refractivity contribution in [2.45, 2.75) is 13.5 Å². The Balaban J connectivity index is 1.48. The van der Waals surface area contributed by atoms with Crippen molar-refractivity contribution in [2.24, 2.45) is 0 Å². The summed E-state index contributed by atoms with van der Waals surface area (Å²) in [5.41, 5.74) is 2.00. The Morgan fingerprint density at radius 2 is 1.89 bits per heavy atom. The molecular formula is C27H21Cl2FN2O5S. The molecule has 0 radical (unpaired) electrons. The Morgan fingerprint density at radius 1 is 1.11 bits per heavy atom. The van der Waals surface area contributed by atoms with E-state index < -0.39 is 29.4 Å². The van der Waals surface area contributed by atoms with Gasteiger partial charge >= 0.3 is 0 Å². The van der Waals surface area contributed by atoms with Crippen LogP contribution in [0.5, 0.6) is 11.5 Å². The number of halogens is 3. The maximum absolute atomic E-state index is 14.1. The van der Waals surface area contributed by atoms with Gasteiger partial charge in [0.25, 0.3) is 11.1 Å². The maximum Gasteiger partial charge on any atom is 0.294 e. The zero-order valence-electron chi connectivity index (χ0n) is 20.2.